The van der Waals surface area contributed by atoms with E-state index >= 15 is 0 Å². The van der Waals surface area contributed by atoms with Gasteiger partial charge in [0.05, 0.1) is 6.61 Å². The Bertz CT molecular complexity index is 1070. The van der Waals surface area contributed by atoms with E-state index in [0.717, 1.165) is 32.1 Å². The normalized spacial score (nSPS) is 9.52. The summed E-state index contributed by atoms with van der Waals surface area (Å²) in [5, 5.41) is 46.3. The Labute approximate surface area is 192 Å². The zero-order valence-corrected chi connectivity index (χ0v) is 18.6. The molecule has 0 aromatic heterocycles. The van der Waals surface area contributed by atoms with Gasteiger partial charge in [-0.2, -0.15) is 21.0 Å². The van der Waals surface area contributed by atoms with E-state index in [-0.39, 0.29) is 65.5 Å². The molecule has 1 aromatic carbocycles. The number of benzene rings is 1. The molecule has 172 valence electrons. The number of carbonyl (C=O) groups is 1. The molecule has 0 atom stereocenters. The van der Waals surface area contributed by atoms with E-state index in [2.05, 4.69) is 6.92 Å². The third kappa shape index (κ3) is 8.91. The highest BCUT2D eigenvalue weighted by Crippen LogP contribution is 2.11. The number of hydrogen-bond acceptors (Lipinski definition) is 9. The molecule has 0 spiro atoms. The number of nitriles is 4. The summed E-state index contributed by atoms with van der Waals surface area (Å²) in [4.78, 5) is 11.8. The first-order chi connectivity index (χ1) is 16.1. The van der Waals surface area contributed by atoms with Crippen molar-refractivity contribution in [3.05, 3.63) is 22.6 Å². The number of aliphatic hydroxyl groups is 1. The van der Waals surface area contributed by atoms with Crippen LogP contribution in [0.15, 0.2) is 12.1 Å². The quantitative estimate of drug-likeness (QED) is 0.348. The summed E-state index contributed by atoms with van der Waals surface area (Å²) in [7, 11) is 0. The summed E-state index contributed by atoms with van der Waals surface area (Å²) in [6.45, 7) is 1.56. The zero-order chi connectivity index (χ0) is 24.5. The molecule has 0 fully saturated rings. The first-order valence-electron chi connectivity index (χ1n) is 10.6. The van der Waals surface area contributed by atoms with E-state index in [0.29, 0.717) is 6.42 Å². The summed E-state index contributed by atoms with van der Waals surface area (Å²) < 4.78 is 16.2. The van der Waals surface area contributed by atoms with Gasteiger partial charge in [-0.25, -0.2) is 0 Å². The summed E-state index contributed by atoms with van der Waals surface area (Å²) >= 11 is 0. The lowest BCUT2D eigenvalue weighted by Gasteiger charge is -2.11. The molecule has 0 unspecified atom stereocenters. The van der Waals surface area contributed by atoms with Crippen molar-refractivity contribution in [3.8, 4) is 35.8 Å². The van der Waals surface area contributed by atoms with Crippen LogP contribution in [0, 0.1) is 45.3 Å². The van der Waals surface area contributed by atoms with Crippen LogP contribution in [0.5, 0.6) is 11.5 Å². The number of nitrogens with zero attached hydrogens (tertiary/aromatic N) is 4. The predicted molar refractivity (Wildman–Crippen MR) is 117 cm³/mol. The third-order valence-electron chi connectivity index (χ3n) is 4.50. The van der Waals surface area contributed by atoms with Gasteiger partial charge in [-0.1, -0.05) is 32.6 Å². The van der Waals surface area contributed by atoms with E-state index in [9.17, 15) is 25.8 Å². The molecule has 1 aromatic rings. The fourth-order valence-corrected chi connectivity index (χ4v) is 2.89. The second kappa shape index (κ2) is 15.7. The summed E-state index contributed by atoms with van der Waals surface area (Å²) in [5.41, 5.74) is -0.547. The second-order valence-electron chi connectivity index (χ2n) is 6.85. The number of carbonyl (C=O) groups excluding carboxylic acids is 1. The molecule has 0 amide bonds. The minimum absolute atomic E-state index is 0.0435. The molecule has 9 nitrogen and oxygen atoms in total. The molecule has 0 heterocycles. The SMILES string of the molecule is CCCCCCCC(=O)OCCOc1cc(=C(C#N)C#N)c(OCCO)cc1=C(C#N)C#N. The van der Waals surface area contributed by atoms with E-state index in [1.807, 2.05) is 0 Å². The molecule has 0 aliphatic heterocycles. The number of ether oxygens (including phenoxy) is 3. The average Bonchev–Trinajstić information content (AvgIpc) is 2.83. The smallest absolute Gasteiger partial charge is 0.305 e. The highest BCUT2D eigenvalue weighted by atomic mass is 16.6. The van der Waals surface area contributed by atoms with Crippen LogP contribution in [-0.2, 0) is 9.53 Å². The monoisotopic (exact) mass is 450 g/mol. The van der Waals surface area contributed by atoms with E-state index in [1.54, 1.807) is 24.3 Å². The molecule has 0 bridgehead atoms. The summed E-state index contributed by atoms with van der Waals surface area (Å²) in [6.07, 6.45) is 5.38. The van der Waals surface area contributed by atoms with Crippen molar-refractivity contribution in [3.63, 3.8) is 0 Å². The Morgan fingerprint density at radius 3 is 1.82 bits per heavy atom. The topological polar surface area (TPSA) is 160 Å². The van der Waals surface area contributed by atoms with Crippen molar-refractivity contribution in [2.75, 3.05) is 26.4 Å². The van der Waals surface area contributed by atoms with Crippen LogP contribution in [0.2, 0.25) is 0 Å². The van der Waals surface area contributed by atoms with E-state index in [4.69, 9.17) is 19.3 Å². The number of rotatable bonds is 13. The number of esters is 1. The first kappa shape index (κ1) is 27.0. The van der Waals surface area contributed by atoms with Crippen LogP contribution >= 0.6 is 0 Å². The van der Waals surface area contributed by atoms with Gasteiger partial charge in [0.2, 0.25) is 0 Å². The van der Waals surface area contributed by atoms with Crippen LogP contribution in [0.4, 0.5) is 0 Å². The number of aliphatic hydroxyl groups excluding tert-OH is 1. The number of unbranched alkanes of at least 4 members (excludes halogenated alkanes) is 4. The van der Waals surface area contributed by atoms with Gasteiger partial charge in [-0.05, 0) is 18.6 Å². The third-order valence-corrected chi connectivity index (χ3v) is 4.50. The molecule has 0 radical (unpaired) electrons. The van der Waals surface area contributed by atoms with Crippen molar-refractivity contribution in [1.29, 1.82) is 21.0 Å². The highest BCUT2D eigenvalue weighted by molar-refractivity contribution is 5.77. The molecule has 1 N–H and O–H groups in total. The first-order valence-corrected chi connectivity index (χ1v) is 10.6. The van der Waals surface area contributed by atoms with Gasteiger partial charge >= 0.3 is 5.97 Å². The molecular formula is C24H26N4O5. The minimum Gasteiger partial charge on any atom is -0.490 e. The fourth-order valence-electron chi connectivity index (χ4n) is 2.89. The van der Waals surface area contributed by atoms with E-state index < -0.39 is 0 Å². The van der Waals surface area contributed by atoms with Crippen LogP contribution in [0.1, 0.15) is 45.4 Å². The minimum atomic E-state index is -0.338. The molecular weight excluding hydrogens is 424 g/mol. The Morgan fingerprint density at radius 2 is 1.33 bits per heavy atom. The van der Waals surface area contributed by atoms with Crippen molar-refractivity contribution < 1.29 is 24.1 Å². The Balaban J connectivity index is 3.09. The summed E-state index contributed by atoms with van der Waals surface area (Å²) in [6, 6.07) is 9.65. The highest BCUT2D eigenvalue weighted by Gasteiger charge is 2.12. The van der Waals surface area contributed by atoms with Crippen LogP contribution in [-0.4, -0.2) is 37.5 Å². The van der Waals surface area contributed by atoms with Gasteiger partial charge in [0.1, 0.15) is 66.7 Å². The van der Waals surface area contributed by atoms with Gasteiger partial charge in [0, 0.05) is 16.9 Å². The molecule has 0 aliphatic carbocycles. The Kier molecular flexibility index (Phi) is 12.8. The summed E-state index contributed by atoms with van der Waals surface area (Å²) in [5.74, 6) is -0.241. The fraction of sp³-hybridized carbons (Fsp3) is 0.458. The lowest BCUT2D eigenvalue weighted by molar-refractivity contribution is -0.144. The van der Waals surface area contributed by atoms with Crippen LogP contribution in [0.25, 0.3) is 11.1 Å². The number of hydrogen-bond donors (Lipinski definition) is 1. The van der Waals surface area contributed by atoms with Gasteiger partial charge in [0.15, 0.2) is 0 Å². The molecule has 0 saturated carbocycles. The van der Waals surface area contributed by atoms with Gasteiger partial charge in [0.25, 0.3) is 0 Å². The molecule has 33 heavy (non-hydrogen) atoms. The van der Waals surface area contributed by atoms with Gasteiger partial charge in [-0.15, -0.1) is 0 Å². The molecule has 1 rings (SSSR count). The molecule has 0 saturated heterocycles. The van der Waals surface area contributed by atoms with Crippen molar-refractivity contribution in [2.45, 2.75) is 45.4 Å². The van der Waals surface area contributed by atoms with Crippen molar-refractivity contribution >= 4 is 17.1 Å². The lowest BCUT2D eigenvalue weighted by atomic mass is 10.1. The van der Waals surface area contributed by atoms with Gasteiger partial charge < -0.3 is 19.3 Å². The maximum Gasteiger partial charge on any atom is 0.305 e. The Morgan fingerprint density at radius 1 is 0.818 bits per heavy atom. The van der Waals surface area contributed by atoms with Crippen molar-refractivity contribution in [2.24, 2.45) is 0 Å². The lowest BCUT2D eigenvalue weighted by Crippen LogP contribution is -2.22. The second-order valence-corrected chi connectivity index (χ2v) is 6.85. The Hall–Kier alpha value is -4.05. The standard InChI is InChI=1S/C24H26N4O5/c1-2-3-4-5-6-7-24(30)33-11-10-32-23-13-20(18(14-25)15-26)22(31-9-8-29)12-21(23)19(16-27)17-28/h12-13,29H,2-11H2,1H3. The van der Waals surface area contributed by atoms with Gasteiger partial charge in [-0.3, -0.25) is 4.79 Å². The molecule has 0 aliphatic rings. The zero-order valence-electron chi connectivity index (χ0n) is 18.6. The van der Waals surface area contributed by atoms with E-state index in [1.165, 1.54) is 12.1 Å². The maximum absolute atomic E-state index is 11.8. The maximum atomic E-state index is 11.8. The largest absolute Gasteiger partial charge is 0.490 e. The predicted octanol–water partition coefficient (Wildman–Crippen LogP) is 1.74. The average molecular weight is 450 g/mol. The van der Waals surface area contributed by atoms with Crippen LogP contribution in [0.3, 0.4) is 0 Å². The van der Waals surface area contributed by atoms with Crippen molar-refractivity contribution in [1.82, 2.24) is 0 Å². The van der Waals surface area contributed by atoms with Crippen LogP contribution < -0.4 is 19.9 Å². The molecule has 9 heteroatoms.